The fourth-order valence-electron chi connectivity index (χ4n) is 1.63. The lowest BCUT2D eigenvalue weighted by Crippen LogP contribution is -2.19. The molecular weight excluding hydrogens is 212 g/mol. The van der Waals surface area contributed by atoms with Crippen LogP contribution in [0.2, 0.25) is 0 Å². The number of aliphatic hydroxyl groups is 1. The molecule has 0 heterocycles. The molecule has 0 bridgehead atoms. The lowest BCUT2D eigenvalue weighted by molar-refractivity contribution is 0.167. The highest BCUT2D eigenvalue weighted by Gasteiger charge is 2.21. The third-order valence-corrected chi connectivity index (χ3v) is 2.51. The van der Waals surface area contributed by atoms with Crippen LogP contribution in [-0.2, 0) is 0 Å². The molecule has 0 aliphatic heterocycles. The van der Waals surface area contributed by atoms with Crippen LogP contribution in [0.15, 0.2) is 12.1 Å². The van der Waals surface area contributed by atoms with Gasteiger partial charge in [-0.3, -0.25) is 0 Å². The van der Waals surface area contributed by atoms with E-state index >= 15 is 0 Å². The van der Waals surface area contributed by atoms with Crippen molar-refractivity contribution in [2.45, 2.75) is 25.9 Å². The first-order valence-corrected chi connectivity index (χ1v) is 5.29. The minimum Gasteiger partial charge on any atom is -0.387 e. The van der Waals surface area contributed by atoms with Crippen LogP contribution in [0.25, 0.3) is 0 Å². The first kappa shape index (κ1) is 13.1. The van der Waals surface area contributed by atoms with Gasteiger partial charge in [0.15, 0.2) is 0 Å². The van der Waals surface area contributed by atoms with Crippen LogP contribution in [0.3, 0.4) is 0 Å². The van der Waals surface area contributed by atoms with E-state index in [0.29, 0.717) is 5.56 Å². The van der Waals surface area contributed by atoms with Crippen molar-refractivity contribution < 1.29 is 13.9 Å². The second-order valence-corrected chi connectivity index (χ2v) is 4.09. The second kappa shape index (κ2) is 5.37. The van der Waals surface area contributed by atoms with E-state index in [0.717, 1.165) is 0 Å². The summed E-state index contributed by atoms with van der Waals surface area (Å²) in [6.07, 6.45) is -1.16. The number of likely N-dealkylation sites (N-methyl/N-ethyl adjacent to an activating group) is 1. The third kappa shape index (κ3) is 2.57. The van der Waals surface area contributed by atoms with Gasteiger partial charge in [0.1, 0.15) is 11.6 Å². The molecule has 0 fully saturated rings. The molecule has 2 N–H and O–H groups in total. The molecule has 4 heteroatoms. The largest absolute Gasteiger partial charge is 0.387 e. The van der Waals surface area contributed by atoms with Crippen LogP contribution in [0, 0.1) is 11.6 Å². The molecule has 16 heavy (non-hydrogen) atoms. The fraction of sp³-hybridized carbons (Fsp3) is 0.500. The third-order valence-electron chi connectivity index (χ3n) is 2.51. The minimum absolute atomic E-state index is 0.0406. The maximum Gasteiger partial charge on any atom is 0.135 e. The summed E-state index contributed by atoms with van der Waals surface area (Å²) in [5, 5.41) is 12.3. The van der Waals surface area contributed by atoms with Crippen molar-refractivity contribution >= 4 is 0 Å². The molecule has 0 radical (unpaired) electrons. The van der Waals surface area contributed by atoms with E-state index < -0.39 is 17.7 Å². The number of hydrogen-bond donors (Lipinski definition) is 2. The first-order chi connectivity index (χ1) is 7.49. The highest BCUT2D eigenvalue weighted by molar-refractivity contribution is 5.31. The number of benzene rings is 1. The first-order valence-electron chi connectivity index (χ1n) is 5.29. The van der Waals surface area contributed by atoms with Gasteiger partial charge < -0.3 is 10.4 Å². The molecule has 0 saturated carbocycles. The quantitative estimate of drug-likeness (QED) is 0.830. The zero-order valence-corrected chi connectivity index (χ0v) is 9.72. The molecule has 1 unspecified atom stereocenters. The lowest BCUT2D eigenvalue weighted by Gasteiger charge is -2.16. The standard InChI is InChI=1S/C12H17F2NO/c1-7(2)8-4-5-9(13)11(12(8)14)10(16)6-15-3/h4-5,7,10,15-16H,6H2,1-3H3. The Bertz CT molecular complexity index is 366. The van der Waals surface area contributed by atoms with Crippen molar-refractivity contribution in [2.75, 3.05) is 13.6 Å². The van der Waals surface area contributed by atoms with Gasteiger partial charge in [-0.15, -0.1) is 0 Å². The molecular formula is C12H17F2NO. The van der Waals surface area contributed by atoms with Gasteiger partial charge in [-0.2, -0.15) is 0 Å². The van der Waals surface area contributed by atoms with Crippen molar-refractivity contribution in [2.24, 2.45) is 0 Å². The van der Waals surface area contributed by atoms with Gasteiger partial charge in [-0.25, -0.2) is 8.78 Å². The van der Waals surface area contributed by atoms with Crippen LogP contribution in [0.5, 0.6) is 0 Å². The highest BCUT2D eigenvalue weighted by Crippen LogP contribution is 2.27. The molecule has 0 aliphatic rings. The lowest BCUT2D eigenvalue weighted by atomic mass is 9.97. The van der Waals surface area contributed by atoms with Crippen LogP contribution >= 0.6 is 0 Å². The van der Waals surface area contributed by atoms with Crippen molar-refractivity contribution in [3.05, 3.63) is 34.9 Å². The summed E-state index contributed by atoms with van der Waals surface area (Å²) in [4.78, 5) is 0. The fourth-order valence-corrected chi connectivity index (χ4v) is 1.63. The van der Waals surface area contributed by atoms with E-state index in [1.807, 2.05) is 13.8 Å². The summed E-state index contributed by atoms with van der Waals surface area (Å²) in [5.74, 6) is -1.39. The SMILES string of the molecule is CNCC(O)c1c(F)ccc(C(C)C)c1F. The van der Waals surface area contributed by atoms with E-state index in [-0.39, 0.29) is 18.0 Å². The average Bonchev–Trinajstić information content (AvgIpc) is 2.17. The molecule has 90 valence electrons. The van der Waals surface area contributed by atoms with Crippen LogP contribution in [0.1, 0.15) is 37.0 Å². The van der Waals surface area contributed by atoms with Crippen molar-refractivity contribution in [1.82, 2.24) is 5.32 Å². The Hall–Kier alpha value is -1.00. The molecule has 0 amide bonds. The van der Waals surface area contributed by atoms with Gasteiger partial charge >= 0.3 is 0 Å². The average molecular weight is 229 g/mol. The molecule has 1 rings (SSSR count). The van der Waals surface area contributed by atoms with E-state index in [2.05, 4.69) is 5.32 Å². The molecule has 2 nitrogen and oxygen atoms in total. The summed E-state index contributed by atoms with van der Waals surface area (Å²) in [6.45, 7) is 3.77. The smallest absolute Gasteiger partial charge is 0.135 e. The molecule has 0 aliphatic carbocycles. The Morgan fingerprint density at radius 1 is 1.31 bits per heavy atom. The number of halogens is 2. The number of aliphatic hydroxyl groups excluding tert-OH is 1. The number of nitrogens with one attached hydrogen (secondary N) is 1. The summed E-state index contributed by atoms with van der Waals surface area (Å²) in [6, 6.07) is 2.62. The summed E-state index contributed by atoms with van der Waals surface area (Å²) < 4.78 is 27.4. The Kier molecular flexibility index (Phi) is 4.38. The topological polar surface area (TPSA) is 32.3 Å². The van der Waals surface area contributed by atoms with Crippen molar-refractivity contribution in [3.63, 3.8) is 0 Å². The van der Waals surface area contributed by atoms with Gasteiger partial charge in [-0.05, 0) is 24.6 Å². The Morgan fingerprint density at radius 3 is 2.44 bits per heavy atom. The van der Waals surface area contributed by atoms with Gasteiger partial charge in [0, 0.05) is 6.54 Å². The highest BCUT2D eigenvalue weighted by atomic mass is 19.1. The normalized spacial score (nSPS) is 13.2. The van der Waals surface area contributed by atoms with Gasteiger partial charge in [-0.1, -0.05) is 19.9 Å². The molecule has 1 atom stereocenters. The Labute approximate surface area is 94.3 Å². The second-order valence-electron chi connectivity index (χ2n) is 4.09. The van der Waals surface area contributed by atoms with Crippen molar-refractivity contribution in [1.29, 1.82) is 0 Å². The zero-order chi connectivity index (χ0) is 12.3. The maximum absolute atomic E-state index is 13.9. The Balaban J connectivity index is 3.20. The zero-order valence-electron chi connectivity index (χ0n) is 9.72. The van der Waals surface area contributed by atoms with Gasteiger partial charge in [0.25, 0.3) is 0 Å². The predicted molar refractivity (Wildman–Crippen MR) is 59.3 cm³/mol. The van der Waals surface area contributed by atoms with Gasteiger partial charge in [0.05, 0.1) is 11.7 Å². The predicted octanol–water partition coefficient (Wildman–Crippen LogP) is 2.34. The van der Waals surface area contributed by atoms with Crippen molar-refractivity contribution in [3.8, 4) is 0 Å². The molecule has 1 aromatic carbocycles. The van der Waals surface area contributed by atoms with Crippen LogP contribution in [0.4, 0.5) is 8.78 Å². The van der Waals surface area contributed by atoms with E-state index in [9.17, 15) is 13.9 Å². The minimum atomic E-state index is -1.16. The van der Waals surface area contributed by atoms with E-state index in [1.165, 1.54) is 12.1 Å². The van der Waals surface area contributed by atoms with Crippen LogP contribution < -0.4 is 5.32 Å². The number of hydrogen-bond acceptors (Lipinski definition) is 2. The van der Waals surface area contributed by atoms with E-state index in [1.54, 1.807) is 7.05 Å². The summed E-state index contributed by atoms with van der Waals surface area (Å²) in [7, 11) is 1.62. The van der Waals surface area contributed by atoms with Gasteiger partial charge in [0.2, 0.25) is 0 Å². The summed E-state index contributed by atoms with van der Waals surface area (Å²) >= 11 is 0. The molecule has 0 saturated heterocycles. The Morgan fingerprint density at radius 2 is 1.94 bits per heavy atom. The molecule has 0 aromatic heterocycles. The number of rotatable bonds is 4. The van der Waals surface area contributed by atoms with E-state index in [4.69, 9.17) is 0 Å². The summed E-state index contributed by atoms with van der Waals surface area (Å²) in [5.41, 5.74) is 0.173. The molecule has 1 aromatic rings. The monoisotopic (exact) mass is 229 g/mol. The van der Waals surface area contributed by atoms with Crippen LogP contribution in [-0.4, -0.2) is 18.7 Å². The maximum atomic E-state index is 13.9. The molecule has 0 spiro atoms.